The Bertz CT molecular complexity index is 628. The highest BCUT2D eigenvalue weighted by molar-refractivity contribution is 7.91. The van der Waals surface area contributed by atoms with E-state index in [0.29, 0.717) is 5.41 Å². The molecule has 2 aliphatic carbocycles. The fourth-order valence-electron chi connectivity index (χ4n) is 2.69. The summed E-state index contributed by atoms with van der Waals surface area (Å²) in [6.45, 7) is 0.768. The average Bonchev–Trinajstić information content (AvgIpc) is 3.25. The van der Waals surface area contributed by atoms with Crippen LogP contribution in [0.4, 0.5) is 0 Å². The molecule has 3 rings (SSSR count). The first-order valence-electron chi connectivity index (χ1n) is 6.77. The number of primary sulfonamides is 1. The van der Waals surface area contributed by atoms with Gasteiger partial charge >= 0.3 is 0 Å². The van der Waals surface area contributed by atoms with Crippen molar-refractivity contribution >= 4 is 27.3 Å². The first-order valence-corrected chi connectivity index (χ1v) is 9.14. The molecule has 2 aliphatic rings. The Morgan fingerprint density at radius 3 is 2.60 bits per heavy atom. The maximum atomic E-state index is 11.9. The van der Waals surface area contributed by atoms with E-state index in [2.05, 4.69) is 5.32 Å². The molecule has 1 aromatic heterocycles. The van der Waals surface area contributed by atoms with Gasteiger partial charge in [-0.2, -0.15) is 0 Å². The second kappa shape index (κ2) is 4.82. The molecule has 1 heterocycles. The van der Waals surface area contributed by atoms with Gasteiger partial charge in [0.05, 0.1) is 6.42 Å². The van der Waals surface area contributed by atoms with E-state index in [1.807, 2.05) is 0 Å². The van der Waals surface area contributed by atoms with Gasteiger partial charge in [0, 0.05) is 11.4 Å². The zero-order chi connectivity index (χ0) is 14.4. The minimum absolute atomic E-state index is 0.0419. The van der Waals surface area contributed by atoms with Crippen LogP contribution < -0.4 is 10.5 Å². The smallest absolute Gasteiger partial charge is 0.247 e. The van der Waals surface area contributed by atoms with Gasteiger partial charge in [0.25, 0.3) is 0 Å². The van der Waals surface area contributed by atoms with Crippen molar-refractivity contribution < 1.29 is 13.2 Å². The van der Waals surface area contributed by atoms with E-state index in [9.17, 15) is 13.2 Å². The van der Waals surface area contributed by atoms with Gasteiger partial charge in [-0.25, -0.2) is 13.6 Å². The lowest BCUT2D eigenvalue weighted by atomic mass is 10.0. The Labute approximate surface area is 122 Å². The summed E-state index contributed by atoms with van der Waals surface area (Å²) in [5.74, 6) is 0.776. The molecule has 2 fully saturated rings. The standard InChI is InChI=1S/C13H18N2O3S2/c14-20(17,18)12-4-3-10(19-12)7-11(16)15-8-13(5-6-13)9-1-2-9/h3-4,9H,1-2,5-8H2,(H,15,16)(H2,14,17,18). The second-order valence-corrected chi connectivity index (χ2v) is 8.81. The van der Waals surface area contributed by atoms with E-state index < -0.39 is 10.0 Å². The van der Waals surface area contributed by atoms with Crippen molar-refractivity contribution in [2.75, 3.05) is 6.54 Å². The highest BCUT2D eigenvalue weighted by atomic mass is 32.2. The van der Waals surface area contributed by atoms with Crippen molar-refractivity contribution in [1.82, 2.24) is 5.32 Å². The van der Waals surface area contributed by atoms with Gasteiger partial charge in [-0.1, -0.05) is 0 Å². The second-order valence-electron chi connectivity index (χ2n) is 5.86. The van der Waals surface area contributed by atoms with Gasteiger partial charge in [0.1, 0.15) is 4.21 Å². The van der Waals surface area contributed by atoms with Crippen molar-refractivity contribution in [3.05, 3.63) is 17.0 Å². The van der Waals surface area contributed by atoms with Crippen LogP contribution in [0.15, 0.2) is 16.3 Å². The Hall–Kier alpha value is -0.920. The lowest BCUT2D eigenvalue weighted by Gasteiger charge is -2.14. The fraction of sp³-hybridized carbons (Fsp3) is 0.615. The van der Waals surface area contributed by atoms with Gasteiger partial charge in [0.15, 0.2) is 0 Å². The van der Waals surface area contributed by atoms with Crippen LogP contribution in [0, 0.1) is 11.3 Å². The van der Waals surface area contributed by atoms with Crippen LogP contribution in [-0.2, 0) is 21.2 Å². The Kier molecular flexibility index (Phi) is 3.38. The number of hydrogen-bond donors (Lipinski definition) is 2. The van der Waals surface area contributed by atoms with Crippen LogP contribution in [0.1, 0.15) is 30.6 Å². The van der Waals surface area contributed by atoms with E-state index in [1.165, 1.54) is 31.7 Å². The topological polar surface area (TPSA) is 89.3 Å². The summed E-state index contributed by atoms with van der Waals surface area (Å²) >= 11 is 1.06. The highest BCUT2D eigenvalue weighted by Crippen LogP contribution is 2.60. The van der Waals surface area contributed by atoms with E-state index >= 15 is 0 Å². The molecule has 0 unspecified atom stereocenters. The van der Waals surface area contributed by atoms with Crippen molar-refractivity contribution in [1.29, 1.82) is 0 Å². The highest BCUT2D eigenvalue weighted by Gasteiger charge is 2.53. The summed E-state index contributed by atoms with van der Waals surface area (Å²) in [6, 6.07) is 3.10. The maximum absolute atomic E-state index is 11.9. The maximum Gasteiger partial charge on any atom is 0.247 e. The number of hydrogen-bond acceptors (Lipinski definition) is 4. The van der Waals surface area contributed by atoms with Crippen molar-refractivity contribution in [3.8, 4) is 0 Å². The number of nitrogens with two attached hydrogens (primary N) is 1. The lowest BCUT2D eigenvalue weighted by molar-refractivity contribution is -0.120. The van der Waals surface area contributed by atoms with Crippen molar-refractivity contribution in [2.24, 2.45) is 16.5 Å². The number of rotatable bonds is 6. The third kappa shape index (κ3) is 3.05. The van der Waals surface area contributed by atoms with Crippen LogP contribution >= 0.6 is 11.3 Å². The van der Waals surface area contributed by atoms with Crippen molar-refractivity contribution in [2.45, 2.75) is 36.3 Å². The van der Waals surface area contributed by atoms with Crippen LogP contribution in [0.25, 0.3) is 0 Å². The molecule has 5 nitrogen and oxygen atoms in total. The largest absolute Gasteiger partial charge is 0.355 e. The molecule has 0 radical (unpaired) electrons. The third-order valence-electron chi connectivity index (χ3n) is 4.23. The summed E-state index contributed by atoms with van der Waals surface area (Å²) in [7, 11) is -3.66. The molecular formula is C13H18N2O3S2. The Balaban J connectivity index is 1.52. The summed E-state index contributed by atoms with van der Waals surface area (Å²) in [5.41, 5.74) is 0.386. The molecular weight excluding hydrogens is 296 g/mol. The summed E-state index contributed by atoms with van der Waals surface area (Å²) in [6.07, 6.45) is 5.29. The van der Waals surface area contributed by atoms with Gasteiger partial charge in [-0.3, -0.25) is 4.79 Å². The molecule has 0 saturated heterocycles. The minimum Gasteiger partial charge on any atom is -0.355 e. The van der Waals surface area contributed by atoms with Crippen LogP contribution in [0.3, 0.4) is 0 Å². The third-order valence-corrected chi connectivity index (χ3v) is 6.75. The Morgan fingerprint density at radius 1 is 1.40 bits per heavy atom. The van der Waals surface area contributed by atoms with Crippen LogP contribution in [-0.4, -0.2) is 20.9 Å². The molecule has 7 heteroatoms. The van der Waals surface area contributed by atoms with Crippen LogP contribution in [0.5, 0.6) is 0 Å². The zero-order valence-corrected chi connectivity index (χ0v) is 12.7. The molecule has 1 aromatic rings. The first-order chi connectivity index (χ1) is 9.39. The molecule has 0 bridgehead atoms. The number of thiophene rings is 1. The predicted octanol–water partition coefficient (Wildman–Crippen LogP) is 1.24. The average molecular weight is 314 g/mol. The number of carbonyl (C=O) groups excluding carboxylic acids is 1. The summed E-state index contributed by atoms with van der Waals surface area (Å²) < 4.78 is 22.4. The molecule has 0 atom stereocenters. The SMILES string of the molecule is NS(=O)(=O)c1ccc(CC(=O)NCC2(C3CC3)CC2)s1. The number of nitrogens with one attached hydrogen (secondary N) is 1. The lowest BCUT2D eigenvalue weighted by Crippen LogP contribution is -2.32. The molecule has 110 valence electrons. The van der Waals surface area contributed by atoms with Gasteiger partial charge in [-0.05, 0) is 49.1 Å². The minimum atomic E-state index is -3.66. The van der Waals surface area contributed by atoms with E-state index in [1.54, 1.807) is 6.07 Å². The van der Waals surface area contributed by atoms with Crippen molar-refractivity contribution in [3.63, 3.8) is 0 Å². The normalized spacial score (nSPS) is 20.6. The number of amides is 1. The fourth-order valence-corrected chi connectivity index (χ4v) is 4.46. The molecule has 0 aromatic carbocycles. The van der Waals surface area contributed by atoms with Gasteiger partial charge in [-0.15, -0.1) is 11.3 Å². The number of sulfonamides is 1. The predicted molar refractivity (Wildman–Crippen MR) is 76.8 cm³/mol. The summed E-state index contributed by atoms with van der Waals surface area (Å²) in [5, 5.41) is 8.04. The molecule has 0 aliphatic heterocycles. The van der Waals surface area contributed by atoms with E-state index in [4.69, 9.17) is 5.14 Å². The Morgan fingerprint density at radius 2 is 2.10 bits per heavy atom. The molecule has 20 heavy (non-hydrogen) atoms. The summed E-state index contributed by atoms with van der Waals surface area (Å²) in [4.78, 5) is 12.6. The van der Waals surface area contributed by atoms with Gasteiger partial charge in [0.2, 0.25) is 15.9 Å². The molecule has 2 saturated carbocycles. The van der Waals surface area contributed by atoms with Crippen LogP contribution in [0.2, 0.25) is 0 Å². The van der Waals surface area contributed by atoms with Gasteiger partial charge < -0.3 is 5.32 Å². The quantitative estimate of drug-likeness (QED) is 0.828. The van der Waals surface area contributed by atoms with E-state index in [0.717, 1.165) is 28.7 Å². The van der Waals surface area contributed by atoms with E-state index in [-0.39, 0.29) is 16.5 Å². The zero-order valence-electron chi connectivity index (χ0n) is 11.1. The molecule has 0 spiro atoms. The monoisotopic (exact) mass is 314 g/mol. The molecule has 3 N–H and O–H groups in total. The number of carbonyl (C=O) groups is 1. The first kappa shape index (κ1) is 14.0. The molecule has 1 amide bonds.